The first-order chi connectivity index (χ1) is 12.8. The first-order valence-electron chi connectivity index (χ1n) is 8.19. The summed E-state index contributed by atoms with van der Waals surface area (Å²) in [5, 5.41) is 7.23. The summed E-state index contributed by atoms with van der Waals surface area (Å²) < 4.78 is 11.6. The molecule has 7 nitrogen and oxygen atoms in total. The van der Waals surface area contributed by atoms with Crippen molar-refractivity contribution in [3.63, 3.8) is 0 Å². The molecule has 0 saturated carbocycles. The van der Waals surface area contributed by atoms with Gasteiger partial charge in [-0.2, -0.15) is 5.10 Å². The molecule has 0 radical (unpaired) electrons. The molecule has 4 aromatic rings. The Morgan fingerprint density at radius 1 is 1.08 bits per heavy atom. The number of nitrogens with one attached hydrogen (secondary N) is 2. The van der Waals surface area contributed by atoms with Crippen molar-refractivity contribution in [2.24, 2.45) is 0 Å². The van der Waals surface area contributed by atoms with E-state index in [1.165, 1.54) is 0 Å². The Bertz CT molecular complexity index is 1150. The van der Waals surface area contributed by atoms with E-state index in [9.17, 15) is 4.79 Å². The number of para-hydroxylation sites is 2. The number of benzene rings is 2. The lowest BCUT2D eigenvalue weighted by molar-refractivity contribution is 0.0851. The molecule has 5 rings (SSSR count). The molecule has 0 aliphatic carbocycles. The summed E-state index contributed by atoms with van der Waals surface area (Å²) in [4.78, 5) is 20.0. The van der Waals surface area contributed by atoms with Gasteiger partial charge < -0.3 is 14.5 Å². The Labute approximate surface area is 147 Å². The SMILES string of the molecule is O=c1[nH]c(C2COc3ccccc3O2)nc2ccc(-c3cn[nH]c3)cc12. The van der Waals surface area contributed by atoms with Crippen LogP contribution in [-0.4, -0.2) is 26.8 Å². The van der Waals surface area contributed by atoms with E-state index in [4.69, 9.17) is 9.47 Å². The van der Waals surface area contributed by atoms with Gasteiger partial charge in [-0.1, -0.05) is 18.2 Å². The monoisotopic (exact) mass is 346 g/mol. The second-order valence-corrected chi connectivity index (χ2v) is 6.03. The largest absolute Gasteiger partial charge is 0.485 e. The second kappa shape index (κ2) is 5.73. The number of nitrogens with zero attached hydrogens (tertiary/aromatic N) is 2. The zero-order valence-electron chi connectivity index (χ0n) is 13.6. The Balaban J connectivity index is 1.54. The van der Waals surface area contributed by atoms with Gasteiger partial charge in [0.1, 0.15) is 6.61 Å². The highest BCUT2D eigenvalue weighted by atomic mass is 16.6. The van der Waals surface area contributed by atoms with E-state index >= 15 is 0 Å². The van der Waals surface area contributed by atoms with E-state index < -0.39 is 6.10 Å². The third-order valence-electron chi connectivity index (χ3n) is 4.37. The molecule has 0 spiro atoms. The Morgan fingerprint density at radius 2 is 1.96 bits per heavy atom. The Morgan fingerprint density at radius 3 is 2.81 bits per heavy atom. The molecule has 2 aromatic carbocycles. The molecule has 26 heavy (non-hydrogen) atoms. The maximum absolute atomic E-state index is 12.6. The van der Waals surface area contributed by atoms with Gasteiger partial charge in [0.05, 0.1) is 17.1 Å². The Hall–Kier alpha value is -3.61. The fourth-order valence-electron chi connectivity index (χ4n) is 3.05. The molecule has 128 valence electrons. The van der Waals surface area contributed by atoms with Gasteiger partial charge in [0.2, 0.25) is 0 Å². The van der Waals surface area contributed by atoms with Crippen LogP contribution >= 0.6 is 0 Å². The predicted molar refractivity (Wildman–Crippen MR) is 95.3 cm³/mol. The van der Waals surface area contributed by atoms with Crippen LogP contribution in [0, 0.1) is 0 Å². The van der Waals surface area contributed by atoms with Gasteiger partial charge in [-0.05, 0) is 29.8 Å². The van der Waals surface area contributed by atoms with Gasteiger partial charge >= 0.3 is 0 Å². The highest BCUT2D eigenvalue weighted by Gasteiger charge is 2.24. The number of H-pyrrole nitrogens is 2. The maximum Gasteiger partial charge on any atom is 0.258 e. The molecule has 0 bridgehead atoms. The second-order valence-electron chi connectivity index (χ2n) is 6.03. The molecule has 1 aliphatic heterocycles. The van der Waals surface area contributed by atoms with Gasteiger partial charge in [0.25, 0.3) is 5.56 Å². The van der Waals surface area contributed by atoms with Crippen LogP contribution < -0.4 is 15.0 Å². The number of aromatic nitrogens is 4. The lowest BCUT2D eigenvalue weighted by atomic mass is 10.1. The van der Waals surface area contributed by atoms with Crippen LogP contribution in [0.15, 0.2) is 59.7 Å². The summed E-state index contributed by atoms with van der Waals surface area (Å²) in [5.41, 5.74) is 2.21. The minimum Gasteiger partial charge on any atom is -0.485 e. The minimum atomic E-state index is -0.462. The van der Waals surface area contributed by atoms with E-state index in [0.717, 1.165) is 11.1 Å². The maximum atomic E-state index is 12.6. The van der Waals surface area contributed by atoms with Gasteiger partial charge in [-0.3, -0.25) is 9.89 Å². The van der Waals surface area contributed by atoms with E-state index in [1.807, 2.05) is 42.5 Å². The van der Waals surface area contributed by atoms with E-state index in [2.05, 4.69) is 20.2 Å². The summed E-state index contributed by atoms with van der Waals surface area (Å²) >= 11 is 0. The quantitative estimate of drug-likeness (QED) is 0.582. The zero-order valence-corrected chi connectivity index (χ0v) is 13.6. The summed E-state index contributed by atoms with van der Waals surface area (Å²) in [6.07, 6.45) is 3.03. The summed E-state index contributed by atoms with van der Waals surface area (Å²) in [5.74, 6) is 1.78. The van der Waals surface area contributed by atoms with E-state index in [-0.39, 0.29) is 5.56 Å². The van der Waals surface area contributed by atoms with Crippen molar-refractivity contribution in [2.45, 2.75) is 6.10 Å². The summed E-state index contributed by atoms with van der Waals surface area (Å²) in [6.45, 7) is 0.290. The lowest BCUT2D eigenvalue weighted by Crippen LogP contribution is -2.26. The standard InChI is InChI=1S/C19H14N4O3/c24-19-13-7-11(12-8-20-21-9-12)5-6-14(13)22-18(23-19)17-10-25-15-3-1-2-4-16(15)26-17/h1-9,17H,10H2,(H,20,21)(H,22,23,24). The van der Waals surface area contributed by atoms with Crippen LogP contribution in [0.1, 0.15) is 11.9 Å². The average Bonchev–Trinajstić information content (AvgIpc) is 3.22. The molecule has 1 atom stereocenters. The van der Waals surface area contributed by atoms with Gasteiger partial charge in [0.15, 0.2) is 23.4 Å². The van der Waals surface area contributed by atoms with Crippen molar-refractivity contribution in [1.29, 1.82) is 0 Å². The summed E-state index contributed by atoms with van der Waals surface area (Å²) in [6, 6.07) is 13.0. The molecule has 1 unspecified atom stereocenters. The van der Waals surface area contributed by atoms with E-state index in [1.54, 1.807) is 12.4 Å². The molecule has 3 heterocycles. The van der Waals surface area contributed by atoms with Crippen LogP contribution in [0.2, 0.25) is 0 Å². The Kier molecular flexibility index (Phi) is 3.24. The number of hydrogen-bond donors (Lipinski definition) is 2. The highest BCUT2D eigenvalue weighted by Crippen LogP contribution is 2.35. The first kappa shape index (κ1) is 14.7. The molecular weight excluding hydrogens is 332 g/mol. The first-order valence-corrected chi connectivity index (χ1v) is 8.19. The molecule has 2 N–H and O–H groups in total. The lowest BCUT2D eigenvalue weighted by Gasteiger charge is -2.25. The fourth-order valence-corrected chi connectivity index (χ4v) is 3.05. The smallest absolute Gasteiger partial charge is 0.258 e. The topological polar surface area (TPSA) is 92.9 Å². The van der Waals surface area contributed by atoms with Gasteiger partial charge in [-0.25, -0.2) is 4.98 Å². The predicted octanol–water partition coefficient (Wildman–Crippen LogP) is 2.83. The molecule has 0 saturated heterocycles. The highest BCUT2D eigenvalue weighted by molar-refractivity contribution is 5.83. The van der Waals surface area contributed by atoms with Crippen LogP contribution in [0.4, 0.5) is 0 Å². The third kappa shape index (κ3) is 2.41. The van der Waals surface area contributed by atoms with Gasteiger partial charge in [-0.15, -0.1) is 0 Å². The van der Waals surface area contributed by atoms with Crippen LogP contribution in [0.5, 0.6) is 11.5 Å². The number of fused-ring (bicyclic) bond motifs is 2. The van der Waals surface area contributed by atoms with Crippen molar-refractivity contribution < 1.29 is 9.47 Å². The van der Waals surface area contributed by atoms with Crippen molar-refractivity contribution in [1.82, 2.24) is 20.2 Å². The van der Waals surface area contributed by atoms with Crippen LogP contribution in [0.25, 0.3) is 22.0 Å². The number of ether oxygens (including phenoxy) is 2. The van der Waals surface area contributed by atoms with Crippen LogP contribution in [0.3, 0.4) is 0 Å². The summed E-state index contributed by atoms with van der Waals surface area (Å²) in [7, 11) is 0. The molecule has 0 amide bonds. The average molecular weight is 346 g/mol. The number of hydrogen-bond acceptors (Lipinski definition) is 5. The number of aromatic amines is 2. The third-order valence-corrected chi connectivity index (χ3v) is 4.37. The molecule has 1 aliphatic rings. The van der Waals surface area contributed by atoms with Crippen molar-refractivity contribution >= 4 is 10.9 Å². The van der Waals surface area contributed by atoms with Crippen LogP contribution in [-0.2, 0) is 0 Å². The van der Waals surface area contributed by atoms with Crippen molar-refractivity contribution in [3.8, 4) is 22.6 Å². The molecular formula is C19H14N4O3. The van der Waals surface area contributed by atoms with Gasteiger partial charge in [0, 0.05) is 11.8 Å². The minimum absolute atomic E-state index is 0.210. The number of rotatable bonds is 2. The molecule has 2 aromatic heterocycles. The van der Waals surface area contributed by atoms with Crippen molar-refractivity contribution in [2.75, 3.05) is 6.61 Å². The zero-order chi connectivity index (χ0) is 17.5. The fraction of sp³-hybridized carbons (Fsp3) is 0.105. The van der Waals surface area contributed by atoms with Crippen molar-refractivity contribution in [3.05, 3.63) is 71.0 Å². The normalized spacial score (nSPS) is 15.9. The molecule has 7 heteroatoms. The van der Waals surface area contributed by atoms with E-state index in [0.29, 0.717) is 34.8 Å². The molecule has 0 fully saturated rings.